The van der Waals surface area contributed by atoms with Gasteiger partial charge in [0.15, 0.2) is 0 Å². The van der Waals surface area contributed by atoms with E-state index in [9.17, 15) is 0 Å². The average molecular weight is 315 g/mol. The molecule has 1 heterocycles. The smallest absolute Gasteiger partial charge is 0.0996 e. The first-order chi connectivity index (χ1) is 8.97. The van der Waals surface area contributed by atoms with Crippen LogP contribution in [-0.4, -0.2) is 14.1 Å². The molecular formula is C14H16Cl2N2S. The second-order valence-electron chi connectivity index (χ2n) is 4.59. The zero-order valence-electron chi connectivity index (χ0n) is 11.1. The molecule has 0 saturated heterocycles. The summed E-state index contributed by atoms with van der Waals surface area (Å²) in [6.07, 6.45) is 0. The van der Waals surface area contributed by atoms with Crippen molar-refractivity contribution in [2.45, 2.75) is 13.0 Å². The standard InChI is InChI=1S/C14H16Cl2N2S/c1-9(12-8-13(15)19-14(12)16)17-10-5-4-6-11(7-10)18(2)3/h4-9,17H,1-3H3. The van der Waals surface area contributed by atoms with E-state index in [-0.39, 0.29) is 6.04 Å². The Kier molecular flexibility index (Phi) is 4.61. The van der Waals surface area contributed by atoms with Gasteiger partial charge in [-0.25, -0.2) is 0 Å². The number of halogens is 2. The Hall–Kier alpha value is -0.900. The van der Waals surface area contributed by atoms with Crippen LogP contribution in [0.3, 0.4) is 0 Å². The lowest BCUT2D eigenvalue weighted by Gasteiger charge is -2.18. The number of nitrogens with zero attached hydrogens (tertiary/aromatic N) is 1. The van der Waals surface area contributed by atoms with Crippen LogP contribution in [0.2, 0.25) is 8.67 Å². The van der Waals surface area contributed by atoms with E-state index in [0.717, 1.165) is 25.6 Å². The highest BCUT2D eigenvalue weighted by Gasteiger charge is 2.13. The minimum absolute atomic E-state index is 0.119. The Morgan fingerprint density at radius 1 is 1.21 bits per heavy atom. The van der Waals surface area contributed by atoms with Crippen molar-refractivity contribution in [1.29, 1.82) is 0 Å². The van der Waals surface area contributed by atoms with Gasteiger partial charge in [-0.05, 0) is 31.2 Å². The van der Waals surface area contributed by atoms with Crippen LogP contribution < -0.4 is 10.2 Å². The molecule has 0 fully saturated rings. The van der Waals surface area contributed by atoms with Gasteiger partial charge in [-0.3, -0.25) is 0 Å². The molecule has 1 aromatic heterocycles. The molecule has 1 aromatic carbocycles. The largest absolute Gasteiger partial charge is 0.378 e. The van der Waals surface area contributed by atoms with Crippen molar-refractivity contribution >= 4 is 45.9 Å². The number of benzene rings is 1. The van der Waals surface area contributed by atoms with Gasteiger partial charge in [0.1, 0.15) is 0 Å². The first-order valence-electron chi connectivity index (χ1n) is 5.96. The minimum Gasteiger partial charge on any atom is -0.378 e. The number of hydrogen-bond acceptors (Lipinski definition) is 3. The summed E-state index contributed by atoms with van der Waals surface area (Å²) in [5.74, 6) is 0. The first kappa shape index (κ1) is 14.5. The van der Waals surface area contributed by atoms with E-state index >= 15 is 0 Å². The maximum absolute atomic E-state index is 6.17. The maximum atomic E-state index is 6.17. The van der Waals surface area contributed by atoms with Crippen molar-refractivity contribution in [3.8, 4) is 0 Å². The summed E-state index contributed by atoms with van der Waals surface area (Å²) in [6.45, 7) is 2.08. The number of rotatable bonds is 4. The molecule has 0 saturated carbocycles. The SMILES string of the molecule is CC(Nc1cccc(N(C)C)c1)c1cc(Cl)sc1Cl. The van der Waals surface area contributed by atoms with Crippen LogP contribution in [0.25, 0.3) is 0 Å². The monoisotopic (exact) mass is 314 g/mol. The molecule has 2 aromatic rings. The Balaban J connectivity index is 2.17. The molecule has 1 atom stereocenters. The predicted octanol–water partition coefficient (Wildman–Crippen LogP) is 5.29. The van der Waals surface area contributed by atoms with E-state index in [2.05, 4.69) is 29.3 Å². The fourth-order valence-electron chi connectivity index (χ4n) is 1.85. The molecule has 0 aliphatic heterocycles. The van der Waals surface area contributed by atoms with Gasteiger partial charge in [-0.1, -0.05) is 29.3 Å². The van der Waals surface area contributed by atoms with Crippen LogP contribution in [0.5, 0.6) is 0 Å². The molecule has 1 N–H and O–H groups in total. The van der Waals surface area contributed by atoms with Crippen LogP contribution in [-0.2, 0) is 0 Å². The van der Waals surface area contributed by atoms with Crippen LogP contribution in [0.15, 0.2) is 30.3 Å². The van der Waals surface area contributed by atoms with E-state index in [1.54, 1.807) is 0 Å². The Labute approximate surface area is 128 Å². The third-order valence-corrected chi connectivity index (χ3v) is 4.41. The first-order valence-corrected chi connectivity index (χ1v) is 7.53. The summed E-state index contributed by atoms with van der Waals surface area (Å²) < 4.78 is 1.46. The van der Waals surface area contributed by atoms with E-state index in [0.29, 0.717) is 0 Å². The molecule has 0 radical (unpaired) electrons. The van der Waals surface area contributed by atoms with Crippen molar-refractivity contribution in [1.82, 2.24) is 0 Å². The van der Waals surface area contributed by atoms with Gasteiger partial charge in [0.2, 0.25) is 0 Å². The zero-order valence-corrected chi connectivity index (χ0v) is 13.4. The van der Waals surface area contributed by atoms with E-state index in [1.807, 2.05) is 32.3 Å². The third-order valence-electron chi connectivity index (χ3n) is 2.90. The Morgan fingerprint density at radius 2 is 1.95 bits per heavy atom. The third kappa shape index (κ3) is 3.56. The lowest BCUT2D eigenvalue weighted by Crippen LogP contribution is -2.10. The molecule has 1 unspecified atom stereocenters. The van der Waals surface area contributed by atoms with E-state index in [1.165, 1.54) is 11.3 Å². The average Bonchev–Trinajstić information content (AvgIpc) is 2.69. The number of anilines is 2. The van der Waals surface area contributed by atoms with Gasteiger partial charge >= 0.3 is 0 Å². The Bertz CT molecular complexity index is 566. The molecule has 0 spiro atoms. The molecule has 0 aliphatic rings. The van der Waals surface area contributed by atoms with Gasteiger partial charge in [0.25, 0.3) is 0 Å². The minimum atomic E-state index is 0.119. The second-order valence-corrected chi connectivity index (χ2v) is 6.88. The molecule has 2 rings (SSSR count). The molecular weight excluding hydrogens is 299 g/mol. The second kappa shape index (κ2) is 6.04. The fourth-order valence-corrected chi connectivity index (χ4v) is 3.50. The summed E-state index contributed by atoms with van der Waals surface area (Å²) in [5.41, 5.74) is 3.26. The van der Waals surface area contributed by atoms with Crippen LogP contribution >= 0.6 is 34.5 Å². The van der Waals surface area contributed by atoms with Gasteiger partial charge in [0.05, 0.1) is 14.7 Å². The number of nitrogens with one attached hydrogen (secondary N) is 1. The van der Waals surface area contributed by atoms with Gasteiger partial charge in [-0.2, -0.15) is 0 Å². The van der Waals surface area contributed by atoms with Crippen molar-refractivity contribution in [2.24, 2.45) is 0 Å². The normalized spacial score (nSPS) is 12.3. The lowest BCUT2D eigenvalue weighted by atomic mass is 10.1. The molecule has 0 bridgehead atoms. The highest BCUT2D eigenvalue weighted by Crippen LogP contribution is 2.36. The zero-order chi connectivity index (χ0) is 14.0. The fraction of sp³-hybridized carbons (Fsp3) is 0.286. The number of thiophene rings is 1. The maximum Gasteiger partial charge on any atom is 0.0996 e. The highest BCUT2D eigenvalue weighted by atomic mass is 35.5. The molecule has 2 nitrogen and oxygen atoms in total. The topological polar surface area (TPSA) is 15.3 Å². The molecule has 0 aliphatic carbocycles. The van der Waals surface area contributed by atoms with Crippen molar-refractivity contribution in [3.63, 3.8) is 0 Å². The predicted molar refractivity (Wildman–Crippen MR) is 87.1 cm³/mol. The summed E-state index contributed by atoms with van der Waals surface area (Å²) in [5, 5.41) is 3.44. The summed E-state index contributed by atoms with van der Waals surface area (Å²) >= 11 is 13.6. The molecule has 5 heteroatoms. The number of hydrogen-bond donors (Lipinski definition) is 1. The molecule has 19 heavy (non-hydrogen) atoms. The molecule has 102 valence electrons. The summed E-state index contributed by atoms with van der Waals surface area (Å²) in [6, 6.07) is 10.3. The van der Waals surface area contributed by atoms with Crippen LogP contribution in [0.1, 0.15) is 18.5 Å². The quantitative estimate of drug-likeness (QED) is 0.824. The summed E-state index contributed by atoms with van der Waals surface area (Å²) in [4.78, 5) is 2.07. The Morgan fingerprint density at radius 3 is 2.53 bits per heavy atom. The summed E-state index contributed by atoms with van der Waals surface area (Å²) in [7, 11) is 4.05. The van der Waals surface area contributed by atoms with Crippen LogP contribution in [0, 0.1) is 0 Å². The highest BCUT2D eigenvalue weighted by molar-refractivity contribution is 7.20. The van der Waals surface area contributed by atoms with Gasteiger partial charge < -0.3 is 10.2 Å². The van der Waals surface area contributed by atoms with Crippen molar-refractivity contribution in [2.75, 3.05) is 24.3 Å². The van der Waals surface area contributed by atoms with Crippen molar-refractivity contribution in [3.05, 3.63) is 44.6 Å². The van der Waals surface area contributed by atoms with E-state index < -0.39 is 0 Å². The van der Waals surface area contributed by atoms with Crippen molar-refractivity contribution < 1.29 is 0 Å². The molecule has 0 amide bonds. The van der Waals surface area contributed by atoms with Crippen LogP contribution in [0.4, 0.5) is 11.4 Å². The van der Waals surface area contributed by atoms with Gasteiger partial charge in [-0.15, -0.1) is 11.3 Å². The van der Waals surface area contributed by atoms with Gasteiger partial charge in [0, 0.05) is 31.0 Å². The van der Waals surface area contributed by atoms with E-state index in [4.69, 9.17) is 23.2 Å². The lowest BCUT2D eigenvalue weighted by molar-refractivity contribution is 0.890.